The molecule has 1 heterocycles. The zero-order chi connectivity index (χ0) is 29.5. The maximum Gasteiger partial charge on any atom is 0.495 e. The van der Waals surface area contributed by atoms with E-state index in [1.807, 2.05) is 75.3 Å². The molecule has 0 aromatic heterocycles. The molecule has 1 atom stereocenters. The lowest BCUT2D eigenvalue weighted by molar-refractivity contribution is 0.00578. The van der Waals surface area contributed by atoms with Gasteiger partial charge < -0.3 is 9.31 Å². The average molecular weight is 542 g/mol. The fraction of sp³-hybridized carbons (Fsp3) is 0.533. The minimum Gasteiger partial charge on any atom is -0.399 e. The van der Waals surface area contributed by atoms with Crippen molar-refractivity contribution < 1.29 is 27.7 Å². The predicted octanol–water partition coefficient (Wildman–Crippen LogP) is 5.88. The molecule has 2 aromatic carbocycles. The molecular weight excluding hydrogens is 501 g/mol. The van der Waals surface area contributed by atoms with Crippen molar-refractivity contribution in [3.8, 4) is 0 Å². The molecule has 3 rings (SSSR count). The van der Waals surface area contributed by atoms with Gasteiger partial charge in [0.1, 0.15) is 17.2 Å². The zero-order valence-corrected chi connectivity index (χ0v) is 24.8. The molecule has 0 radical (unpaired) electrons. The van der Waals surface area contributed by atoms with Gasteiger partial charge in [0.15, 0.2) is 0 Å². The molecule has 2 aromatic rings. The first kappa shape index (κ1) is 30.8. The standard InChI is InChI=1S/C30H41BF2N2O4/c1-11-12-24(28(4,5)6)35(27(37)20-14-18(2)13-19(3)15-20)34-26(36)25-22(32)16-21(17-23(25)33)31-38-29(7,8)30(9,10)39-31/h13-17,24H,11-12H2,1-10H3,(H,34,36)/t24-/m1/s1. The van der Waals surface area contributed by atoms with Crippen molar-refractivity contribution in [3.63, 3.8) is 0 Å². The minimum atomic E-state index is -1.07. The Kier molecular flexibility index (Phi) is 8.68. The molecule has 1 N–H and O–H groups in total. The van der Waals surface area contributed by atoms with Crippen LogP contribution < -0.4 is 10.9 Å². The van der Waals surface area contributed by atoms with E-state index in [2.05, 4.69) is 5.43 Å². The summed E-state index contributed by atoms with van der Waals surface area (Å²) in [6.07, 6.45) is 1.31. The summed E-state index contributed by atoms with van der Waals surface area (Å²) in [6.45, 7) is 19.0. The maximum atomic E-state index is 15.3. The fourth-order valence-corrected chi connectivity index (χ4v) is 4.82. The van der Waals surface area contributed by atoms with Crippen LogP contribution in [0.15, 0.2) is 30.3 Å². The van der Waals surface area contributed by atoms with Gasteiger partial charge in [0.25, 0.3) is 11.8 Å². The number of nitrogens with one attached hydrogen (secondary N) is 1. The topological polar surface area (TPSA) is 67.9 Å². The smallest absolute Gasteiger partial charge is 0.399 e. The summed E-state index contributed by atoms with van der Waals surface area (Å²) in [7, 11) is -0.992. The molecule has 1 fully saturated rings. The second-order valence-corrected chi connectivity index (χ2v) is 12.6. The van der Waals surface area contributed by atoms with E-state index in [1.54, 1.807) is 12.1 Å². The number of hydrazine groups is 1. The van der Waals surface area contributed by atoms with Crippen LogP contribution in [-0.4, -0.2) is 41.2 Å². The Labute approximate surface area is 231 Å². The number of amides is 2. The van der Waals surface area contributed by atoms with Gasteiger partial charge in [0.05, 0.1) is 17.2 Å². The quantitative estimate of drug-likeness (QED) is 0.366. The molecule has 2 amide bonds. The molecule has 0 spiro atoms. The number of rotatable bonds is 6. The second kappa shape index (κ2) is 11.0. The third-order valence-corrected chi connectivity index (χ3v) is 7.60. The molecule has 0 aliphatic carbocycles. The zero-order valence-electron chi connectivity index (χ0n) is 24.8. The van der Waals surface area contributed by atoms with Crippen LogP contribution in [0.1, 0.15) is 100 Å². The van der Waals surface area contributed by atoms with Gasteiger partial charge in [-0.3, -0.25) is 15.0 Å². The van der Waals surface area contributed by atoms with Gasteiger partial charge in [-0.2, -0.15) is 0 Å². The van der Waals surface area contributed by atoms with Gasteiger partial charge in [-0.1, -0.05) is 51.3 Å². The largest absolute Gasteiger partial charge is 0.495 e. The molecule has 1 aliphatic rings. The van der Waals surface area contributed by atoms with E-state index < -0.39 is 58.8 Å². The first-order valence-electron chi connectivity index (χ1n) is 13.5. The van der Waals surface area contributed by atoms with Crippen LogP contribution in [0, 0.1) is 30.9 Å². The summed E-state index contributed by atoms with van der Waals surface area (Å²) in [5, 5.41) is 1.24. The number of hydrogen-bond donors (Lipinski definition) is 1. The Morgan fingerprint density at radius 1 is 0.949 bits per heavy atom. The van der Waals surface area contributed by atoms with Crippen LogP contribution in [0.3, 0.4) is 0 Å². The van der Waals surface area contributed by atoms with Crippen molar-refractivity contribution in [3.05, 3.63) is 64.2 Å². The normalized spacial score (nSPS) is 17.2. The molecule has 0 unspecified atom stereocenters. The fourth-order valence-electron chi connectivity index (χ4n) is 4.82. The number of hydrogen-bond acceptors (Lipinski definition) is 4. The summed E-state index contributed by atoms with van der Waals surface area (Å²) >= 11 is 0. The van der Waals surface area contributed by atoms with Gasteiger partial charge in [-0.05, 0) is 83.1 Å². The maximum absolute atomic E-state index is 15.3. The third kappa shape index (κ3) is 6.52. The van der Waals surface area contributed by atoms with E-state index in [-0.39, 0.29) is 5.46 Å². The van der Waals surface area contributed by atoms with Crippen LogP contribution in [-0.2, 0) is 9.31 Å². The van der Waals surface area contributed by atoms with E-state index in [9.17, 15) is 9.59 Å². The summed E-state index contributed by atoms with van der Waals surface area (Å²) in [6, 6.07) is 7.07. The van der Waals surface area contributed by atoms with Crippen molar-refractivity contribution in [2.24, 2.45) is 5.41 Å². The Balaban J connectivity index is 1.99. The summed E-state index contributed by atoms with van der Waals surface area (Å²) in [5.74, 6) is -3.63. The van der Waals surface area contributed by atoms with Gasteiger partial charge in [0, 0.05) is 5.56 Å². The lowest BCUT2D eigenvalue weighted by Gasteiger charge is -2.40. The first-order valence-corrected chi connectivity index (χ1v) is 13.5. The predicted molar refractivity (Wildman–Crippen MR) is 150 cm³/mol. The SMILES string of the molecule is CCC[C@@H](N(NC(=O)c1c(F)cc(B2OC(C)(C)C(C)(C)O2)cc1F)C(=O)c1cc(C)cc(C)c1)C(C)(C)C. The van der Waals surface area contributed by atoms with Gasteiger partial charge in [-0.25, -0.2) is 13.8 Å². The molecular formula is C30H41BF2N2O4. The molecule has 1 aliphatic heterocycles. The minimum absolute atomic E-state index is 0.127. The number of nitrogens with zero attached hydrogens (tertiary/aromatic N) is 1. The average Bonchev–Trinajstić information content (AvgIpc) is 3.00. The molecule has 6 nitrogen and oxygen atoms in total. The van der Waals surface area contributed by atoms with Gasteiger partial charge >= 0.3 is 7.12 Å². The molecule has 212 valence electrons. The number of aryl methyl sites for hydroxylation is 2. The number of carbonyl (C=O) groups excluding carboxylic acids is 2. The number of benzene rings is 2. The van der Waals surface area contributed by atoms with E-state index in [1.165, 1.54) is 5.01 Å². The summed E-state index contributed by atoms with van der Waals surface area (Å²) < 4.78 is 42.5. The van der Waals surface area contributed by atoms with Crippen molar-refractivity contribution >= 4 is 24.4 Å². The lowest BCUT2D eigenvalue weighted by Crippen LogP contribution is -2.56. The van der Waals surface area contributed by atoms with Crippen LogP contribution >= 0.6 is 0 Å². The van der Waals surface area contributed by atoms with E-state index in [0.29, 0.717) is 12.0 Å². The van der Waals surface area contributed by atoms with Crippen LogP contribution in [0.4, 0.5) is 8.78 Å². The number of carbonyl (C=O) groups is 2. The molecule has 0 saturated carbocycles. The van der Waals surface area contributed by atoms with Crippen molar-refractivity contribution in [2.45, 2.75) is 99.3 Å². The molecule has 9 heteroatoms. The molecule has 0 bridgehead atoms. The van der Waals surface area contributed by atoms with E-state index in [0.717, 1.165) is 29.7 Å². The van der Waals surface area contributed by atoms with Crippen LogP contribution in [0.5, 0.6) is 0 Å². The van der Waals surface area contributed by atoms with E-state index >= 15 is 8.78 Å². The van der Waals surface area contributed by atoms with Crippen molar-refractivity contribution in [1.29, 1.82) is 0 Å². The summed E-state index contributed by atoms with van der Waals surface area (Å²) in [4.78, 5) is 27.2. The highest BCUT2D eigenvalue weighted by molar-refractivity contribution is 6.62. The molecule has 1 saturated heterocycles. The second-order valence-electron chi connectivity index (χ2n) is 12.6. The van der Waals surface area contributed by atoms with Crippen LogP contribution in [0.2, 0.25) is 0 Å². The molecule has 39 heavy (non-hydrogen) atoms. The Hall–Kier alpha value is -2.78. The first-order chi connectivity index (χ1) is 17.9. The highest BCUT2D eigenvalue weighted by atomic mass is 19.1. The third-order valence-electron chi connectivity index (χ3n) is 7.60. The van der Waals surface area contributed by atoms with Gasteiger partial charge in [0.2, 0.25) is 0 Å². The monoisotopic (exact) mass is 542 g/mol. The van der Waals surface area contributed by atoms with Gasteiger partial charge in [-0.15, -0.1) is 0 Å². The van der Waals surface area contributed by atoms with Crippen molar-refractivity contribution in [2.75, 3.05) is 0 Å². The Morgan fingerprint density at radius 2 is 1.44 bits per heavy atom. The summed E-state index contributed by atoms with van der Waals surface area (Å²) in [5.41, 5.74) is 2.25. The highest BCUT2D eigenvalue weighted by Gasteiger charge is 2.52. The van der Waals surface area contributed by atoms with E-state index in [4.69, 9.17) is 9.31 Å². The Morgan fingerprint density at radius 3 is 1.87 bits per heavy atom. The lowest BCUT2D eigenvalue weighted by atomic mass is 9.78. The highest BCUT2D eigenvalue weighted by Crippen LogP contribution is 2.36. The Bertz CT molecular complexity index is 1200. The van der Waals surface area contributed by atoms with Crippen molar-refractivity contribution in [1.82, 2.24) is 10.4 Å². The van der Waals surface area contributed by atoms with Crippen LogP contribution in [0.25, 0.3) is 0 Å². The number of halogens is 2.